The highest BCUT2D eigenvalue weighted by Crippen LogP contribution is 2.42. The molecule has 0 fully saturated rings. The second-order valence-electron chi connectivity index (χ2n) is 17.7. The molecule has 0 spiro atoms. The van der Waals surface area contributed by atoms with Crippen molar-refractivity contribution in [2.45, 2.75) is 119 Å². The molecule has 4 aromatic carbocycles. The van der Waals surface area contributed by atoms with Crippen LogP contribution in [-0.4, -0.2) is 4.98 Å². The van der Waals surface area contributed by atoms with Gasteiger partial charge in [0.05, 0.1) is 5.69 Å². The van der Waals surface area contributed by atoms with Gasteiger partial charge in [0.15, 0.2) is 0 Å². The maximum Gasteiger partial charge on any atom is 0.0702 e. The number of aromatic nitrogens is 1. The quantitative estimate of drug-likeness (QED) is 0.115. The summed E-state index contributed by atoms with van der Waals surface area (Å²) in [6, 6.07) is 40.5. The molecule has 0 aliphatic rings. The smallest absolute Gasteiger partial charge is 0.0702 e. The summed E-state index contributed by atoms with van der Waals surface area (Å²) >= 11 is 0. The number of hydrogen-bond donors (Lipinski definition) is 0. The predicted molar refractivity (Wildman–Crippen MR) is 219 cm³/mol. The van der Waals surface area contributed by atoms with E-state index in [1.165, 1.54) is 77.5 Å². The minimum atomic E-state index is 0.109. The number of hydrogen-bond acceptors (Lipinski definition) is 1. The molecule has 0 unspecified atom stereocenters. The van der Waals surface area contributed by atoms with Crippen molar-refractivity contribution in [1.29, 1.82) is 0 Å². The molecule has 262 valence electrons. The maximum absolute atomic E-state index is 4.89. The lowest BCUT2D eigenvalue weighted by molar-refractivity contribution is 0.236. The van der Waals surface area contributed by atoms with E-state index in [1.54, 1.807) is 0 Å². The van der Waals surface area contributed by atoms with Gasteiger partial charge in [0.1, 0.15) is 0 Å². The molecule has 0 saturated heterocycles. The Morgan fingerprint density at radius 1 is 0.420 bits per heavy atom. The molecule has 0 aliphatic carbocycles. The van der Waals surface area contributed by atoms with Gasteiger partial charge in [-0.15, -0.1) is 0 Å². The first kappa shape index (κ1) is 37.3. The largest absolute Gasteiger partial charge is 0.256 e. The Morgan fingerprint density at radius 2 is 0.820 bits per heavy atom. The van der Waals surface area contributed by atoms with Gasteiger partial charge in [-0.1, -0.05) is 167 Å². The molecule has 0 radical (unpaired) electrons. The predicted octanol–water partition coefficient (Wildman–Crippen LogP) is 14.7. The van der Waals surface area contributed by atoms with Gasteiger partial charge in [-0.2, -0.15) is 0 Å². The highest BCUT2D eigenvalue weighted by atomic mass is 14.7. The van der Waals surface area contributed by atoms with E-state index in [-0.39, 0.29) is 10.8 Å². The second kappa shape index (κ2) is 15.1. The highest BCUT2D eigenvalue weighted by Gasteiger charge is 2.31. The number of rotatable bonds is 14. The summed E-state index contributed by atoms with van der Waals surface area (Å²) in [6.07, 6.45) is 9.31. The first-order valence-electron chi connectivity index (χ1n) is 19.0. The van der Waals surface area contributed by atoms with Gasteiger partial charge in [0.25, 0.3) is 0 Å². The Kier molecular flexibility index (Phi) is 11.3. The molecule has 1 nitrogen and oxygen atoms in total. The molecule has 0 aliphatic heterocycles. The van der Waals surface area contributed by atoms with E-state index >= 15 is 0 Å². The molecular formula is C49H61N. The van der Waals surface area contributed by atoms with Gasteiger partial charge >= 0.3 is 0 Å². The van der Waals surface area contributed by atoms with Crippen LogP contribution in [0.3, 0.4) is 0 Å². The third-order valence-electron chi connectivity index (χ3n) is 10.8. The number of nitrogens with zero attached hydrogens (tertiary/aromatic N) is 1. The average Bonchev–Trinajstić information content (AvgIpc) is 3.07. The van der Waals surface area contributed by atoms with Crippen LogP contribution in [0.25, 0.3) is 44.6 Å². The Hall–Kier alpha value is -3.97. The first-order chi connectivity index (χ1) is 23.6. The third kappa shape index (κ3) is 9.22. The van der Waals surface area contributed by atoms with Gasteiger partial charge < -0.3 is 0 Å². The summed E-state index contributed by atoms with van der Waals surface area (Å²) in [7, 11) is 0. The fourth-order valence-corrected chi connectivity index (χ4v) is 8.83. The van der Waals surface area contributed by atoms with Gasteiger partial charge in [0.2, 0.25) is 0 Å². The minimum absolute atomic E-state index is 0.109. The van der Waals surface area contributed by atoms with E-state index in [9.17, 15) is 0 Å². The molecule has 1 heterocycles. The van der Waals surface area contributed by atoms with Crippen LogP contribution in [0.15, 0.2) is 115 Å². The first-order valence-corrected chi connectivity index (χ1v) is 19.0. The van der Waals surface area contributed by atoms with Crippen LogP contribution >= 0.6 is 0 Å². The molecule has 50 heavy (non-hydrogen) atoms. The van der Waals surface area contributed by atoms with E-state index in [1.807, 2.05) is 12.3 Å². The lowest BCUT2D eigenvalue weighted by atomic mass is 9.69. The SMILES string of the molecule is CCCC(C)(C)CC(C)(C)c1ccc(-c2cc(-c3ccc(C(C)(C)CC(C)(C)CCC)cc3)cc(-c3ccc(-c4ccccc4)nc3)c2)cc1. The monoisotopic (exact) mass is 663 g/mol. The van der Waals surface area contributed by atoms with E-state index in [0.717, 1.165) is 16.8 Å². The van der Waals surface area contributed by atoms with Crippen molar-refractivity contribution in [1.82, 2.24) is 4.98 Å². The van der Waals surface area contributed by atoms with Crippen LogP contribution in [0, 0.1) is 10.8 Å². The van der Waals surface area contributed by atoms with Gasteiger partial charge in [-0.25, -0.2) is 0 Å². The van der Waals surface area contributed by atoms with Crippen LogP contribution in [0.4, 0.5) is 0 Å². The fourth-order valence-electron chi connectivity index (χ4n) is 8.83. The van der Waals surface area contributed by atoms with Crippen molar-refractivity contribution < 1.29 is 0 Å². The topological polar surface area (TPSA) is 12.9 Å². The number of benzene rings is 4. The van der Waals surface area contributed by atoms with Crippen molar-refractivity contribution in [2.24, 2.45) is 10.8 Å². The molecule has 1 heteroatoms. The zero-order chi connectivity index (χ0) is 36.2. The van der Waals surface area contributed by atoms with Crippen LogP contribution in [-0.2, 0) is 10.8 Å². The minimum Gasteiger partial charge on any atom is -0.256 e. The molecule has 5 aromatic rings. The average molecular weight is 664 g/mol. The van der Waals surface area contributed by atoms with Crippen molar-refractivity contribution in [3.8, 4) is 44.6 Å². The van der Waals surface area contributed by atoms with Gasteiger partial charge in [-0.05, 0) is 111 Å². The molecule has 0 atom stereocenters. The van der Waals surface area contributed by atoms with Crippen LogP contribution < -0.4 is 0 Å². The van der Waals surface area contributed by atoms with Crippen LogP contribution in [0.5, 0.6) is 0 Å². The second-order valence-corrected chi connectivity index (χ2v) is 17.7. The van der Waals surface area contributed by atoms with E-state index in [0.29, 0.717) is 10.8 Å². The Morgan fingerprint density at radius 3 is 1.20 bits per heavy atom. The Bertz CT molecular complexity index is 1730. The van der Waals surface area contributed by atoms with Crippen LogP contribution in [0.1, 0.15) is 119 Å². The highest BCUT2D eigenvalue weighted by molar-refractivity contribution is 5.81. The molecule has 0 amide bonds. The molecular weight excluding hydrogens is 603 g/mol. The molecule has 5 rings (SSSR count). The van der Waals surface area contributed by atoms with Gasteiger partial charge in [-0.3, -0.25) is 4.98 Å². The van der Waals surface area contributed by atoms with Crippen molar-refractivity contribution in [2.75, 3.05) is 0 Å². The maximum atomic E-state index is 4.89. The summed E-state index contributed by atoms with van der Waals surface area (Å²) in [5.74, 6) is 0. The normalized spacial score (nSPS) is 12.7. The Labute approximate surface area is 304 Å². The fraction of sp³-hybridized carbons (Fsp3) is 0.408. The standard InChI is InChI=1S/C49H61N/c1-11-28-46(3,4)34-48(7,8)43-23-18-36(19-24-43)40-30-41(37-20-25-44(26-21-37)49(9,10)35-47(5,6)29-12-2)32-42(31-40)39-22-27-45(50-33-39)38-16-14-13-15-17-38/h13-27,30-33H,11-12,28-29,34-35H2,1-10H3. The number of pyridine rings is 1. The van der Waals surface area contributed by atoms with E-state index in [2.05, 4.69) is 172 Å². The van der Waals surface area contributed by atoms with Crippen molar-refractivity contribution in [3.63, 3.8) is 0 Å². The summed E-state index contributed by atoms with van der Waals surface area (Å²) in [4.78, 5) is 4.89. The molecule has 0 saturated carbocycles. The summed E-state index contributed by atoms with van der Waals surface area (Å²) in [5.41, 5.74) is 13.0. The van der Waals surface area contributed by atoms with Gasteiger partial charge in [0, 0.05) is 17.3 Å². The van der Waals surface area contributed by atoms with E-state index < -0.39 is 0 Å². The molecule has 1 aromatic heterocycles. The lowest BCUT2D eigenvalue weighted by Crippen LogP contribution is -2.26. The van der Waals surface area contributed by atoms with Crippen LogP contribution in [0.2, 0.25) is 0 Å². The molecule has 0 bridgehead atoms. The summed E-state index contributed by atoms with van der Waals surface area (Å²) < 4.78 is 0. The summed E-state index contributed by atoms with van der Waals surface area (Å²) in [5, 5.41) is 0. The lowest BCUT2D eigenvalue weighted by Gasteiger charge is -2.35. The Balaban J connectivity index is 1.52. The summed E-state index contributed by atoms with van der Waals surface area (Å²) in [6.45, 7) is 23.9. The van der Waals surface area contributed by atoms with Crippen molar-refractivity contribution >= 4 is 0 Å². The van der Waals surface area contributed by atoms with Crippen molar-refractivity contribution in [3.05, 3.63) is 127 Å². The zero-order valence-electron chi connectivity index (χ0n) is 32.7. The van der Waals surface area contributed by atoms with E-state index in [4.69, 9.17) is 4.98 Å². The molecule has 0 N–H and O–H groups in total. The zero-order valence-corrected chi connectivity index (χ0v) is 32.7. The third-order valence-corrected chi connectivity index (χ3v) is 10.8.